The molecular weight excluding hydrogens is 410 g/mol. The second-order valence-corrected chi connectivity index (χ2v) is 7.45. The Bertz CT molecular complexity index is 1170. The van der Waals surface area contributed by atoms with Crippen molar-refractivity contribution >= 4 is 23.3 Å². The topological polar surface area (TPSA) is 104 Å². The maximum absolute atomic E-state index is 13.3. The van der Waals surface area contributed by atoms with Crippen molar-refractivity contribution < 1.29 is 19.6 Å². The standard InChI is InChI=1S/C24H21N3O5/c28-23(21-7-3-1-5-19(21)20-6-2-4-8-22(20)24(29)30)26-15-13-25(14-16-26)17-9-11-18(12-10-17)27(31)32/h1-12H,13-16H2,(H,29,30). The van der Waals surface area contributed by atoms with Crippen LogP contribution >= 0.6 is 0 Å². The van der Waals surface area contributed by atoms with Crippen molar-refractivity contribution in [3.63, 3.8) is 0 Å². The fourth-order valence-electron chi connectivity index (χ4n) is 3.93. The van der Waals surface area contributed by atoms with E-state index in [1.54, 1.807) is 59.5 Å². The van der Waals surface area contributed by atoms with Gasteiger partial charge in [0.25, 0.3) is 11.6 Å². The van der Waals surface area contributed by atoms with Gasteiger partial charge in [0.15, 0.2) is 0 Å². The largest absolute Gasteiger partial charge is 0.478 e. The fraction of sp³-hybridized carbons (Fsp3) is 0.167. The molecule has 0 unspecified atom stereocenters. The Labute approximate surface area is 184 Å². The summed E-state index contributed by atoms with van der Waals surface area (Å²) in [6.07, 6.45) is 0. The molecule has 1 aliphatic rings. The number of hydrogen-bond donors (Lipinski definition) is 1. The lowest BCUT2D eigenvalue weighted by atomic mass is 9.94. The van der Waals surface area contributed by atoms with Gasteiger partial charge in [0.05, 0.1) is 10.5 Å². The maximum atomic E-state index is 13.3. The van der Waals surface area contributed by atoms with Crippen LogP contribution in [0, 0.1) is 10.1 Å². The first-order valence-electron chi connectivity index (χ1n) is 10.2. The molecule has 0 aromatic heterocycles. The third-order valence-electron chi connectivity index (χ3n) is 5.60. The minimum atomic E-state index is -1.04. The van der Waals surface area contributed by atoms with Gasteiger partial charge in [-0.25, -0.2) is 4.79 Å². The lowest BCUT2D eigenvalue weighted by molar-refractivity contribution is -0.384. The number of carboxylic acid groups (broad SMARTS) is 1. The number of carbonyl (C=O) groups is 2. The summed E-state index contributed by atoms with van der Waals surface area (Å²) < 4.78 is 0. The van der Waals surface area contributed by atoms with E-state index >= 15 is 0 Å². The summed E-state index contributed by atoms with van der Waals surface area (Å²) in [4.78, 5) is 39.2. The van der Waals surface area contributed by atoms with E-state index in [2.05, 4.69) is 4.90 Å². The number of piperazine rings is 1. The third-order valence-corrected chi connectivity index (χ3v) is 5.60. The number of anilines is 1. The number of nitro groups is 1. The smallest absolute Gasteiger partial charge is 0.336 e. The molecule has 3 aromatic carbocycles. The molecule has 32 heavy (non-hydrogen) atoms. The van der Waals surface area contributed by atoms with Crippen LogP contribution in [0.15, 0.2) is 72.8 Å². The second kappa shape index (κ2) is 8.89. The van der Waals surface area contributed by atoms with Gasteiger partial charge >= 0.3 is 5.97 Å². The molecule has 0 saturated carbocycles. The molecule has 0 atom stereocenters. The van der Waals surface area contributed by atoms with E-state index in [9.17, 15) is 24.8 Å². The van der Waals surface area contributed by atoms with E-state index in [0.29, 0.717) is 42.9 Å². The number of nitrogens with zero attached hydrogens (tertiary/aromatic N) is 3. The zero-order valence-electron chi connectivity index (χ0n) is 17.2. The summed E-state index contributed by atoms with van der Waals surface area (Å²) in [5, 5.41) is 20.4. The number of amides is 1. The van der Waals surface area contributed by atoms with Crippen LogP contribution in [0.1, 0.15) is 20.7 Å². The molecule has 0 radical (unpaired) electrons. The number of hydrogen-bond acceptors (Lipinski definition) is 5. The lowest BCUT2D eigenvalue weighted by Gasteiger charge is -2.36. The van der Waals surface area contributed by atoms with Crippen LogP contribution in [0.4, 0.5) is 11.4 Å². The number of nitro benzene ring substituents is 1. The summed E-state index contributed by atoms with van der Waals surface area (Å²) in [6.45, 7) is 2.17. The number of carboxylic acids is 1. The Balaban J connectivity index is 1.52. The molecule has 0 spiro atoms. The van der Waals surface area contributed by atoms with E-state index in [1.807, 2.05) is 0 Å². The highest BCUT2D eigenvalue weighted by Gasteiger charge is 2.25. The Morgan fingerprint density at radius 2 is 1.31 bits per heavy atom. The van der Waals surface area contributed by atoms with Crippen LogP contribution in [0.3, 0.4) is 0 Å². The first-order valence-corrected chi connectivity index (χ1v) is 10.2. The van der Waals surface area contributed by atoms with E-state index < -0.39 is 10.9 Å². The molecule has 0 bridgehead atoms. The van der Waals surface area contributed by atoms with Gasteiger partial charge in [0.1, 0.15) is 0 Å². The Kier molecular flexibility index (Phi) is 5.85. The van der Waals surface area contributed by atoms with Gasteiger partial charge in [-0.2, -0.15) is 0 Å². The van der Waals surface area contributed by atoms with Crippen molar-refractivity contribution in [2.45, 2.75) is 0 Å². The predicted molar refractivity (Wildman–Crippen MR) is 120 cm³/mol. The van der Waals surface area contributed by atoms with Gasteiger partial charge in [-0.1, -0.05) is 36.4 Å². The van der Waals surface area contributed by atoms with Gasteiger partial charge < -0.3 is 14.9 Å². The molecule has 1 amide bonds. The maximum Gasteiger partial charge on any atom is 0.336 e. The van der Waals surface area contributed by atoms with Crippen molar-refractivity contribution in [1.29, 1.82) is 0 Å². The first-order chi connectivity index (χ1) is 15.5. The van der Waals surface area contributed by atoms with Gasteiger partial charge in [0.2, 0.25) is 0 Å². The Morgan fingerprint density at radius 3 is 1.88 bits per heavy atom. The number of carbonyl (C=O) groups excluding carboxylic acids is 1. The molecule has 8 heteroatoms. The minimum Gasteiger partial charge on any atom is -0.478 e. The van der Waals surface area contributed by atoms with Crippen LogP contribution in [-0.2, 0) is 0 Å². The number of aromatic carboxylic acids is 1. The molecule has 1 N–H and O–H groups in total. The third kappa shape index (κ3) is 4.15. The van der Waals surface area contributed by atoms with Gasteiger partial charge in [-0.3, -0.25) is 14.9 Å². The normalized spacial score (nSPS) is 13.6. The van der Waals surface area contributed by atoms with Crippen molar-refractivity contribution in [2.75, 3.05) is 31.1 Å². The zero-order chi connectivity index (χ0) is 22.7. The van der Waals surface area contributed by atoms with Crippen LogP contribution in [-0.4, -0.2) is 53.0 Å². The van der Waals surface area contributed by atoms with Crippen molar-refractivity contribution in [3.05, 3.63) is 94.0 Å². The molecule has 1 heterocycles. The summed E-state index contributed by atoms with van der Waals surface area (Å²) in [5.74, 6) is -1.19. The number of benzene rings is 3. The average molecular weight is 431 g/mol. The van der Waals surface area contributed by atoms with Crippen molar-refractivity contribution in [3.8, 4) is 11.1 Å². The predicted octanol–water partition coefficient (Wildman–Crippen LogP) is 3.92. The van der Waals surface area contributed by atoms with E-state index in [4.69, 9.17) is 0 Å². The summed E-state index contributed by atoms with van der Waals surface area (Å²) in [7, 11) is 0. The number of non-ortho nitro benzene ring substituents is 1. The number of rotatable bonds is 5. The minimum absolute atomic E-state index is 0.0424. The molecule has 3 aromatic rings. The van der Waals surface area contributed by atoms with Gasteiger partial charge in [-0.15, -0.1) is 0 Å². The molecule has 1 saturated heterocycles. The van der Waals surface area contributed by atoms with E-state index in [-0.39, 0.29) is 17.2 Å². The van der Waals surface area contributed by atoms with Crippen molar-refractivity contribution in [1.82, 2.24) is 4.90 Å². The molecule has 1 fully saturated rings. The fourth-order valence-corrected chi connectivity index (χ4v) is 3.93. The molecule has 0 aliphatic carbocycles. The van der Waals surface area contributed by atoms with Crippen LogP contribution in [0.25, 0.3) is 11.1 Å². The second-order valence-electron chi connectivity index (χ2n) is 7.45. The highest BCUT2D eigenvalue weighted by atomic mass is 16.6. The monoisotopic (exact) mass is 431 g/mol. The molecule has 1 aliphatic heterocycles. The molecule has 8 nitrogen and oxygen atoms in total. The average Bonchev–Trinajstić information content (AvgIpc) is 2.83. The SMILES string of the molecule is O=C(O)c1ccccc1-c1ccccc1C(=O)N1CCN(c2ccc([N+](=O)[O-])cc2)CC1. The quantitative estimate of drug-likeness (QED) is 0.485. The van der Waals surface area contributed by atoms with Gasteiger partial charge in [0, 0.05) is 49.6 Å². The van der Waals surface area contributed by atoms with Gasteiger partial charge in [-0.05, 0) is 35.4 Å². The van der Waals surface area contributed by atoms with Crippen LogP contribution < -0.4 is 4.90 Å². The Hall–Kier alpha value is -4.20. The van der Waals surface area contributed by atoms with Crippen LogP contribution in [0.5, 0.6) is 0 Å². The summed E-state index contributed by atoms with van der Waals surface area (Å²) in [5.41, 5.74) is 2.63. The summed E-state index contributed by atoms with van der Waals surface area (Å²) >= 11 is 0. The van der Waals surface area contributed by atoms with Crippen LogP contribution in [0.2, 0.25) is 0 Å². The first kappa shape index (κ1) is 21.0. The van der Waals surface area contributed by atoms with E-state index in [0.717, 1.165) is 5.69 Å². The molecular formula is C24H21N3O5. The van der Waals surface area contributed by atoms with Crippen molar-refractivity contribution in [2.24, 2.45) is 0 Å². The zero-order valence-corrected chi connectivity index (χ0v) is 17.2. The highest BCUT2D eigenvalue weighted by molar-refractivity contribution is 6.04. The van der Waals surface area contributed by atoms with E-state index in [1.165, 1.54) is 18.2 Å². The highest BCUT2D eigenvalue weighted by Crippen LogP contribution is 2.29. The Morgan fingerprint density at radius 1 is 0.781 bits per heavy atom. The summed E-state index contributed by atoms with van der Waals surface area (Å²) in [6, 6.07) is 20.1. The lowest BCUT2D eigenvalue weighted by Crippen LogP contribution is -2.48. The molecule has 4 rings (SSSR count). The molecule has 162 valence electrons.